The van der Waals surface area contributed by atoms with Gasteiger partial charge in [-0.2, -0.15) is 13.0 Å². The normalized spacial score (nSPS) is 12.1. The Balaban J connectivity index is 1.66. The largest absolute Gasteiger partial charge is 0.422 e. The molecule has 2 aromatic heterocycles. The van der Waals surface area contributed by atoms with Crippen LogP contribution in [0.4, 0.5) is 5.69 Å². The number of para-hydroxylation sites is 1. The Morgan fingerprint density at radius 2 is 1.79 bits per heavy atom. The molecule has 0 fully saturated rings. The van der Waals surface area contributed by atoms with Crippen molar-refractivity contribution in [2.45, 2.75) is 13.0 Å². The quantitative estimate of drug-likeness (QED) is 0.254. The van der Waals surface area contributed by atoms with E-state index in [4.69, 9.17) is 8.97 Å². The van der Waals surface area contributed by atoms with Gasteiger partial charge in [-0.1, -0.05) is 18.2 Å². The van der Waals surface area contributed by atoms with Gasteiger partial charge < -0.3 is 9.32 Å². The molecular weight excluding hydrogens is 440 g/mol. The minimum atomic E-state index is -3.99. The molecule has 0 saturated heterocycles. The number of fused-ring (bicyclic) bond motifs is 2. The molecule has 4 aromatic rings. The Morgan fingerprint density at radius 3 is 2.55 bits per heavy atom. The monoisotopic (exact) mass is 465 g/mol. The summed E-state index contributed by atoms with van der Waals surface area (Å²) in [6.45, 7) is 0.452. The van der Waals surface area contributed by atoms with Crippen molar-refractivity contribution in [2.75, 3.05) is 24.7 Å². The van der Waals surface area contributed by atoms with Crippen molar-refractivity contribution in [1.82, 2.24) is 0 Å². The van der Waals surface area contributed by atoms with Gasteiger partial charge in [0.2, 0.25) is 5.52 Å². The maximum absolute atomic E-state index is 12.5. The van der Waals surface area contributed by atoms with E-state index in [1.165, 1.54) is 0 Å². The van der Waals surface area contributed by atoms with Crippen molar-refractivity contribution in [3.8, 4) is 0 Å². The van der Waals surface area contributed by atoms with Crippen molar-refractivity contribution in [1.29, 1.82) is 0 Å². The summed E-state index contributed by atoms with van der Waals surface area (Å²) in [7, 11) is -0.128. The summed E-state index contributed by atoms with van der Waals surface area (Å²) in [5, 5.41) is 1.80. The van der Waals surface area contributed by atoms with Crippen LogP contribution in [0.5, 0.6) is 0 Å². The summed E-state index contributed by atoms with van der Waals surface area (Å²) in [6.07, 6.45) is 5.79. The summed E-state index contributed by atoms with van der Waals surface area (Å²) < 4.78 is 38.5. The van der Waals surface area contributed by atoms with Gasteiger partial charge >= 0.3 is 5.63 Å². The lowest BCUT2D eigenvalue weighted by atomic mass is 10.1. The van der Waals surface area contributed by atoms with Gasteiger partial charge in [-0.25, -0.2) is 4.79 Å². The molecule has 8 heteroatoms. The molecule has 0 aliphatic rings. The maximum atomic E-state index is 12.5. The molecule has 0 saturated carbocycles. The zero-order valence-corrected chi connectivity index (χ0v) is 19.2. The van der Waals surface area contributed by atoms with Gasteiger partial charge in [0, 0.05) is 49.8 Å². The SMILES string of the molecule is CN(C)c1ccc2cc(/C=C/c3cc[n+](CCCS(=O)(=O)O)c4ccccc34)c(=O)oc2c1. The van der Waals surface area contributed by atoms with Crippen LogP contribution in [0.3, 0.4) is 0 Å². The fraction of sp³-hybridized carbons (Fsp3) is 0.200. The molecule has 7 nitrogen and oxygen atoms in total. The van der Waals surface area contributed by atoms with E-state index in [1.54, 1.807) is 6.08 Å². The van der Waals surface area contributed by atoms with Crippen molar-refractivity contribution >= 4 is 49.8 Å². The lowest BCUT2D eigenvalue weighted by Gasteiger charge is -2.12. The highest BCUT2D eigenvalue weighted by atomic mass is 32.2. The first-order valence-electron chi connectivity index (χ1n) is 10.5. The number of anilines is 1. The molecule has 0 atom stereocenters. The maximum Gasteiger partial charge on any atom is 0.343 e. The number of pyridine rings is 1. The van der Waals surface area contributed by atoms with Gasteiger partial charge in [-0.3, -0.25) is 4.55 Å². The zero-order chi connectivity index (χ0) is 23.6. The van der Waals surface area contributed by atoms with Gasteiger partial charge in [0.25, 0.3) is 10.1 Å². The summed E-state index contributed by atoms with van der Waals surface area (Å²) in [4.78, 5) is 14.5. The van der Waals surface area contributed by atoms with Crippen molar-refractivity contribution < 1.29 is 22.0 Å². The molecule has 33 heavy (non-hydrogen) atoms. The molecule has 2 heterocycles. The third kappa shape index (κ3) is 5.30. The van der Waals surface area contributed by atoms with E-state index < -0.39 is 15.7 Å². The molecule has 2 aromatic carbocycles. The predicted octanol–water partition coefficient (Wildman–Crippen LogP) is 3.75. The molecule has 1 N–H and O–H groups in total. The smallest absolute Gasteiger partial charge is 0.343 e. The molecule has 0 aliphatic carbocycles. The molecular formula is C25H25N2O5S+. The average molecular weight is 466 g/mol. The Kier molecular flexibility index (Phi) is 6.31. The van der Waals surface area contributed by atoms with Gasteiger partial charge in [-0.05, 0) is 35.9 Å². The predicted molar refractivity (Wildman–Crippen MR) is 131 cm³/mol. The van der Waals surface area contributed by atoms with Crippen molar-refractivity contribution in [3.05, 3.63) is 82.3 Å². The zero-order valence-electron chi connectivity index (χ0n) is 18.4. The van der Waals surface area contributed by atoms with Crippen LogP contribution < -0.4 is 15.1 Å². The van der Waals surface area contributed by atoms with E-state index in [0.717, 1.165) is 27.5 Å². The highest BCUT2D eigenvalue weighted by molar-refractivity contribution is 7.85. The van der Waals surface area contributed by atoms with E-state index >= 15 is 0 Å². The van der Waals surface area contributed by atoms with Crippen LogP contribution >= 0.6 is 0 Å². The van der Waals surface area contributed by atoms with Gasteiger partial charge in [0.1, 0.15) is 12.1 Å². The van der Waals surface area contributed by atoms with Gasteiger partial charge in [0.15, 0.2) is 6.20 Å². The Hall–Kier alpha value is -3.49. The molecule has 4 rings (SSSR count). The summed E-state index contributed by atoms with van der Waals surface area (Å²) >= 11 is 0. The Bertz CT molecular complexity index is 1520. The fourth-order valence-electron chi connectivity index (χ4n) is 3.76. The van der Waals surface area contributed by atoms with Crippen LogP contribution in [0, 0.1) is 0 Å². The molecule has 170 valence electrons. The fourth-order valence-corrected chi connectivity index (χ4v) is 4.25. The minimum Gasteiger partial charge on any atom is -0.422 e. The summed E-state index contributed by atoms with van der Waals surface area (Å²) in [5.74, 6) is -0.288. The van der Waals surface area contributed by atoms with Crippen LogP contribution in [-0.2, 0) is 16.7 Å². The third-order valence-corrected chi connectivity index (χ3v) is 6.27. The lowest BCUT2D eigenvalue weighted by molar-refractivity contribution is -0.671. The third-order valence-electron chi connectivity index (χ3n) is 5.47. The highest BCUT2D eigenvalue weighted by Crippen LogP contribution is 2.22. The molecule has 0 amide bonds. The second-order valence-electron chi connectivity index (χ2n) is 8.06. The first kappa shape index (κ1) is 22.7. The van der Waals surface area contributed by atoms with E-state index in [9.17, 15) is 13.2 Å². The van der Waals surface area contributed by atoms with E-state index in [0.29, 0.717) is 24.1 Å². The van der Waals surface area contributed by atoms with Crippen LogP contribution in [0.2, 0.25) is 0 Å². The standard InChI is InChI=1S/C25H24N2O5S/c1-26(2)21-11-10-19-16-20(25(28)32-24(19)17-21)9-8-18-12-14-27(13-5-15-33(29,30)31)23-7-4-3-6-22(18)23/h3-4,6-12,14,16-17H,5,13,15H2,1-2H3/p+1. The number of hydrogen-bond acceptors (Lipinski definition) is 5. The molecule has 0 aliphatic heterocycles. The Labute approximate surface area is 192 Å². The van der Waals surface area contributed by atoms with E-state index in [-0.39, 0.29) is 5.75 Å². The topological polar surface area (TPSA) is 91.7 Å². The number of aromatic nitrogens is 1. The molecule has 0 bridgehead atoms. The average Bonchev–Trinajstić information content (AvgIpc) is 2.77. The van der Waals surface area contributed by atoms with Crippen LogP contribution in [0.25, 0.3) is 34.0 Å². The highest BCUT2D eigenvalue weighted by Gasteiger charge is 2.13. The minimum absolute atomic E-state index is 0.288. The van der Waals surface area contributed by atoms with Crippen LogP contribution in [-0.4, -0.2) is 32.8 Å². The molecule has 0 unspecified atom stereocenters. The number of aryl methyl sites for hydroxylation is 1. The molecule has 0 radical (unpaired) electrons. The second kappa shape index (κ2) is 9.17. The first-order chi connectivity index (χ1) is 15.7. The van der Waals surface area contributed by atoms with Gasteiger partial charge in [0.05, 0.1) is 16.7 Å². The van der Waals surface area contributed by atoms with Crippen molar-refractivity contribution in [3.63, 3.8) is 0 Å². The summed E-state index contributed by atoms with van der Waals surface area (Å²) in [6, 6.07) is 17.2. The lowest BCUT2D eigenvalue weighted by Crippen LogP contribution is -2.35. The van der Waals surface area contributed by atoms with Gasteiger partial charge in [-0.15, -0.1) is 0 Å². The second-order valence-corrected chi connectivity index (χ2v) is 9.63. The number of nitrogens with zero attached hydrogens (tertiary/aromatic N) is 2. The number of benzene rings is 2. The number of rotatable bonds is 7. The Morgan fingerprint density at radius 1 is 1.03 bits per heavy atom. The van der Waals surface area contributed by atoms with Crippen LogP contribution in [0.1, 0.15) is 17.5 Å². The van der Waals surface area contributed by atoms with E-state index in [1.807, 2.05) is 90.4 Å². The van der Waals surface area contributed by atoms with Crippen molar-refractivity contribution in [2.24, 2.45) is 0 Å². The first-order valence-corrected chi connectivity index (χ1v) is 12.1. The summed E-state index contributed by atoms with van der Waals surface area (Å²) in [5.41, 5.74) is 3.38. The number of hydrogen-bond donors (Lipinski definition) is 1. The van der Waals surface area contributed by atoms with E-state index in [2.05, 4.69) is 0 Å². The van der Waals surface area contributed by atoms with Crippen LogP contribution in [0.15, 0.2) is 70.0 Å². The molecule has 0 spiro atoms.